The molecule has 0 spiro atoms. The van der Waals surface area contributed by atoms with Crippen LogP contribution < -0.4 is 16.4 Å². The standard InChI is InChI=1S/C26H36N8O5/c1-15(35)33(11-5-10-28-25(38)32-17-8-6-16(7-9-17)26(2,3)4)12-18-20(36)21(37)24(39-18)34-14-31-19-22(27)29-13-30-23(19)34/h6-9,13-14,18,20-21,24,36-37H,5,10-12H2,1-4H3,(H2,27,29,30)(H2,28,32,38). The highest BCUT2D eigenvalue weighted by Gasteiger charge is 2.45. The van der Waals surface area contributed by atoms with E-state index >= 15 is 0 Å². The zero-order chi connectivity index (χ0) is 28.3. The first-order valence-corrected chi connectivity index (χ1v) is 12.8. The van der Waals surface area contributed by atoms with Crippen LogP contribution in [0, 0.1) is 0 Å². The largest absolute Gasteiger partial charge is 0.387 e. The minimum absolute atomic E-state index is 0.0271. The molecule has 3 heterocycles. The molecule has 1 aromatic carbocycles. The number of benzene rings is 1. The van der Waals surface area contributed by atoms with E-state index < -0.39 is 24.5 Å². The molecule has 13 nitrogen and oxygen atoms in total. The second kappa shape index (κ2) is 11.5. The predicted octanol–water partition coefficient (Wildman–Crippen LogP) is 1.39. The van der Waals surface area contributed by atoms with Gasteiger partial charge < -0.3 is 36.2 Å². The van der Waals surface area contributed by atoms with Crippen molar-refractivity contribution in [3.05, 3.63) is 42.5 Å². The Morgan fingerprint density at radius 1 is 1.13 bits per heavy atom. The van der Waals surface area contributed by atoms with E-state index in [0.29, 0.717) is 36.4 Å². The van der Waals surface area contributed by atoms with Crippen LogP contribution >= 0.6 is 0 Å². The first kappa shape index (κ1) is 28.2. The zero-order valence-corrected chi connectivity index (χ0v) is 22.5. The van der Waals surface area contributed by atoms with E-state index in [9.17, 15) is 19.8 Å². The Bertz CT molecular complexity index is 1310. The maximum atomic E-state index is 12.3. The number of urea groups is 1. The number of aliphatic hydroxyl groups excluding tert-OH is 2. The third kappa shape index (κ3) is 6.44. The molecule has 1 fully saturated rings. The van der Waals surface area contributed by atoms with Gasteiger partial charge in [0.25, 0.3) is 0 Å². The number of imidazole rings is 1. The van der Waals surface area contributed by atoms with Gasteiger partial charge in [0, 0.05) is 32.2 Å². The molecular formula is C26H36N8O5. The Balaban J connectivity index is 1.28. The van der Waals surface area contributed by atoms with Gasteiger partial charge in [0.05, 0.1) is 6.33 Å². The molecule has 3 aromatic rings. The molecule has 39 heavy (non-hydrogen) atoms. The van der Waals surface area contributed by atoms with Crippen molar-refractivity contribution in [3.8, 4) is 0 Å². The number of nitrogen functional groups attached to an aromatic ring is 1. The predicted molar refractivity (Wildman–Crippen MR) is 145 cm³/mol. The molecule has 0 aliphatic carbocycles. The highest BCUT2D eigenvalue weighted by atomic mass is 16.6. The number of hydrogen-bond acceptors (Lipinski definition) is 9. The Morgan fingerprint density at radius 2 is 1.85 bits per heavy atom. The van der Waals surface area contributed by atoms with Gasteiger partial charge in [0.1, 0.15) is 30.2 Å². The normalized spacial score (nSPS) is 21.2. The molecule has 1 saturated heterocycles. The molecule has 210 valence electrons. The lowest BCUT2D eigenvalue weighted by Crippen LogP contribution is -2.43. The van der Waals surface area contributed by atoms with Gasteiger partial charge in [0.15, 0.2) is 17.7 Å². The van der Waals surface area contributed by atoms with Crippen LogP contribution in [0.15, 0.2) is 36.9 Å². The van der Waals surface area contributed by atoms with Crippen LogP contribution in [-0.4, -0.2) is 84.5 Å². The number of ether oxygens (including phenoxy) is 1. The van der Waals surface area contributed by atoms with E-state index in [1.54, 1.807) is 0 Å². The molecule has 2 aromatic heterocycles. The fourth-order valence-electron chi connectivity index (χ4n) is 4.46. The van der Waals surface area contributed by atoms with Crippen molar-refractivity contribution >= 4 is 34.6 Å². The Morgan fingerprint density at radius 3 is 2.51 bits per heavy atom. The molecule has 0 bridgehead atoms. The third-order valence-corrected chi connectivity index (χ3v) is 6.74. The smallest absolute Gasteiger partial charge is 0.319 e. The van der Waals surface area contributed by atoms with Crippen LogP contribution in [0.1, 0.15) is 45.9 Å². The Hall–Kier alpha value is -3.81. The van der Waals surface area contributed by atoms with Gasteiger partial charge in [-0.2, -0.15) is 0 Å². The molecule has 6 N–H and O–H groups in total. The number of amides is 3. The van der Waals surface area contributed by atoms with Crippen molar-refractivity contribution in [2.24, 2.45) is 0 Å². The molecular weight excluding hydrogens is 504 g/mol. The molecule has 4 rings (SSSR count). The van der Waals surface area contributed by atoms with Crippen LogP contribution in [-0.2, 0) is 14.9 Å². The van der Waals surface area contributed by atoms with Crippen LogP contribution in [0.25, 0.3) is 11.2 Å². The van der Waals surface area contributed by atoms with E-state index in [1.807, 2.05) is 24.3 Å². The number of hydrogen-bond donors (Lipinski definition) is 5. The van der Waals surface area contributed by atoms with Crippen LogP contribution in [0.3, 0.4) is 0 Å². The number of nitrogens with one attached hydrogen (secondary N) is 2. The van der Waals surface area contributed by atoms with E-state index in [-0.39, 0.29) is 29.7 Å². The summed E-state index contributed by atoms with van der Waals surface area (Å²) in [5, 5.41) is 26.9. The van der Waals surface area contributed by atoms with Gasteiger partial charge in [0.2, 0.25) is 5.91 Å². The SMILES string of the molecule is CC(=O)N(CCCNC(=O)Nc1ccc(C(C)(C)C)cc1)CC1OC(n2cnc3c(N)ncnc32)C(O)C1O. The first-order chi connectivity index (χ1) is 18.5. The Kier molecular flexibility index (Phi) is 8.33. The number of aliphatic hydroxyl groups is 2. The Labute approximate surface area is 226 Å². The van der Waals surface area contributed by atoms with Crippen LogP contribution in [0.2, 0.25) is 0 Å². The van der Waals surface area contributed by atoms with E-state index in [2.05, 4.69) is 46.4 Å². The first-order valence-electron chi connectivity index (χ1n) is 12.8. The molecule has 1 aliphatic heterocycles. The van der Waals surface area contributed by atoms with Gasteiger partial charge in [-0.15, -0.1) is 0 Å². The lowest BCUT2D eigenvalue weighted by molar-refractivity contribution is -0.132. The van der Waals surface area contributed by atoms with Crippen molar-refractivity contribution in [2.45, 2.75) is 64.1 Å². The van der Waals surface area contributed by atoms with Gasteiger partial charge in [-0.05, 0) is 29.5 Å². The molecule has 0 radical (unpaired) electrons. The minimum Gasteiger partial charge on any atom is -0.387 e. The van der Waals surface area contributed by atoms with Crippen molar-refractivity contribution in [2.75, 3.05) is 30.7 Å². The number of carbonyl (C=O) groups is 2. The summed E-state index contributed by atoms with van der Waals surface area (Å²) in [6, 6.07) is 7.35. The fraction of sp³-hybridized carbons (Fsp3) is 0.500. The fourth-order valence-corrected chi connectivity index (χ4v) is 4.46. The maximum Gasteiger partial charge on any atom is 0.319 e. The highest BCUT2D eigenvalue weighted by molar-refractivity contribution is 5.89. The number of anilines is 2. The second-order valence-electron chi connectivity index (χ2n) is 10.7. The maximum absolute atomic E-state index is 12.3. The third-order valence-electron chi connectivity index (χ3n) is 6.74. The van der Waals surface area contributed by atoms with Gasteiger partial charge in [-0.1, -0.05) is 32.9 Å². The van der Waals surface area contributed by atoms with Crippen LogP contribution in [0.4, 0.5) is 16.3 Å². The number of nitrogens with two attached hydrogens (primary N) is 1. The molecule has 3 amide bonds. The molecule has 1 aliphatic rings. The summed E-state index contributed by atoms with van der Waals surface area (Å²) in [5.41, 5.74) is 8.44. The van der Waals surface area contributed by atoms with Gasteiger partial charge in [-0.25, -0.2) is 19.7 Å². The summed E-state index contributed by atoms with van der Waals surface area (Å²) >= 11 is 0. The summed E-state index contributed by atoms with van der Waals surface area (Å²) in [7, 11) is 0. The van der Waals surface area contributed by atoms with Crippen molar-refractivity contribution in [1.29, 1.82) is 0 Å². The topological polar surface area (TPSA) is 181 Å². The van der Waals surface area contributed by atoms with E-state index in [1.165, 1.54) is 34.6 Å². The monoisotopic (exact) mass is 540 g/mol. The summed E-state index contributed by atoms with van der Waals surface area (Å²) in [4.78, 5) is 38.3. The van der Waals surface area contributed by atoms with Crippen molar-refractivity contribution in [1.82, 2.24) is 29.7 Å². The van der Waals surface area contributed by atoms with Crippen LogP contribution in [0.5, 0.6) is 0 Å². The van der Waals surface area contributed by atoms with Crippen molar-refractivity contribution < 1.29 is 24.5 Å². The molecule has 13 heteroatoms. The van der Waals surface area contributed by atoms with Gasteiger partial charge in [-0.3, -0.25) is 9.36 Å². The minimum atomic E-state index is -1.28. The van der Waals surface area contributed by atoms with E-state index in [0.717, 1.165) is 0 Å². The van der Waals surface area contributed by atoms with E-state index in [4.69, 9.17) is 10.5 Å². The lowest BCUT2D eigenvalue weighted by atomic mass is 9.87. The second-order valence-corrected chi connectivity index (χ2v) is 10.7. The quantitative estimate of drug-likeness (QED) is 0.264. The average molecular weight is 541 g/mol. The summed E-state index contributed by atoms with van der Waals surface area (Å²) in [6.45, 7) is 8.50. The zero-order valence-electron chi connectivity index (χ0n) is 22.5. The number of fused-ring (bicyclic) bond motifs is 1. The molecule has 4 atom stereocenters. The number of aromatic nitrogens is 4. The number of rotatable bonds is 8. The summed E-state index contributed by atoms with van der Waals surface area (Å²) < 4.78 is 7.43. The summed E-state index contributed by atoms with van der Waals surface area (Å²) in [6.07, 6.45) is -1.18. The summed E-state index contributed by atoms with van der Waals surface area (Å²) in [5.74, 6) is -0.0347. The average Bonchev–Trinajstić information content (AvgIpc) is 3.42. The number of carbonyl (C=O) groups excluding carboxylic acids is 2. The molecule has 4 unspecified atom stereocenters. The molecule has 0 saturated carbocycles. The van der Waals surface area contributed by atoms with Crippen molar-refractivity contribution in [3.63, 3.8) is 0 Å². The van der Waals surface area contributed by atoms with Gasteiger partial charge >= 0.3 is 6.03 Å². The highest BCUT2D eigenvalue weighted by Crippen LogP contribution is 2.32. The lowest BCUT2D eigenvalue weighted by Gasteiger charge is -2.26. The number of nitrogens with zero attached hydrogens (tertiary/aromatic N) is 5.